The van der Waals surface area contributed by atoms with Gasteiger partial charge in [-0.05, 0) is 45.2 Å². The molecule has 1 rings (SSSR count). The van der Waals surface area contributed by atoms with Gasteiger partial charge in [-0.25, -0.2) is 0 Å². The van der Waals surface area contributed by atoms with Crippen molar-refractivity contribution < 1.29 is 4.74 Å². The Kier molecular flexibility index (Phi) is 13.6. The molecule has 1 saturated heterocycles. The average Bonchev–Trinajstić information content (AvgIpc) is 2.64. The number of guanidine groups is 1. The lowest BCUT2D eigenvalue weighted by Gasteiger charge is -2.34. The Morgan fingerprint density at radius 3 is 2.38 bits per heavy atom. The molecule has 0 aromatic carbocycles. The maximum Gasteiger partial charge on any atom is 0.191 e. The highest BCUT2D eigenvalue weighted by molar-refractivity contribution is 5.79. The maximum absolute atomic E-state index is 5.60. The standard InChI is InChI=1S/C20H43N5O/c1-5-21-20(23-11-9-17-26-18-19(3)4)22-10-7-8-12-25-15-13-24(6-2)14-16-25/h19H,5-18H2,1-4H3,(H2,21,22,23). The van der Waals surface area contributed by atoms with Gasteiger partial charge in [0, 0.05) is 59.0 Å². The lowest BCUT2D eigenvalue weighted by atomic mass is 10.2. The monoisotopic (exact) mass is 369 g/mol. The molecular weight excluding hydrogens is 326 g/mol. The molecule has 0 aliphatic carbocycles. The number of aliphatic imine (C=N–C) groups is 1. The van der Waals surface area contributed by atoms with Crippen molar-refractivity contribution in [2.75, 3.05) is 72.1 Å². The number of unbranched alkanes of at least 4 members (excludes halogenated alkanes) is 1. The molecule has 2 N–H and O–H groups in total. The van der Waals surface area contributed by atoms with Crippen molar-refractivity contribution >= 4 is 5.96 Å². The zero-order valence-electron chi connectivity index (χ0n) is 17.7. The minimum atomic E-state index is 0.605. The van der Waals surface area contributed by atoms with E-state index in [0.717, 1.165) is 45.2 Å². The number of nitrogens with one attached hydrogen (secondary N) is 2. The van der Waals surface area contributed by atoms with Gasteiger partial charge in [0.15, 0.2) is 5.96 Å². The van der Waals surface area contributed by atoms with Gasteiger partial charge in [-0.3, -0.25) is 4.99 Å². The molecule has 0 saturated carbocycles. The lowest BCUT2D eigenvalue weighted by Crippen LogP contribution is -2.46. The molecule has 154 valence electrons. The first-order chi connectivity index (χ1) is 12.7. The second kappa shape index (κ2) is 15.2. The first-order valence-electron chi connectivity index (χ1n) is 10.7. The number of hydrogen-bond donors (Lipinski definition) is 2. The Morgan fingerprint density at radius 2 is 1.73 bits per heavy atom. The van der Waals surface area contributed by atoms with E-state index in [1.54, 1.807) is 0 Å². The van der Waals surface area contributed by atoms with Gasteiger partial charge >= 0.3 is 0 Å². The Labute approximate surface area is 161 Å². The summed E-state index contributed by atoms with van der Waals surface area (Å²) in [5, 5.41) is 6.78. The molecule has 1 heterocycles. The molecule has 0 unspecified atom stereocenters. The van der Waals surface area contributed by atoms with Crippen molar-refractivity contribution in [2.45, 2.75) is 47.0 Å². The second-order valence-electron chi connectivity index (χ2n) is 7.49. The predicted molar refractivity (Wildman–Crippen MR) is 112 cm³/mol. The van der Waals surface area contributed by atoms with Gasteiger partial charge in [0.05, 0.1) is 0 Å². The Bertz CT molecular complexity index is 354. The summed E-state index contributed by atoms with van der Waals surface area (Å²) in [6, 6.07) is 0. The van der Waals surface area contributed by atoms with Gasteiger partial charge in [0.2, 0.25) is 0 Å². The zero-order chi connectivity index (χ0) is 19.0. The van der Waals surface area contributed by atoms with E-state index in [9.17, 15) is 0 Å². The summed E-state index contributed by atoms with van der Waals surface area (Å²) in [4.78, 5) is 9.77. The van der Waals surface area contributed by atoms with Crippen molar-refractivity contribution in [3.63, 3.8) is 0 Å². The van der Waals surface area contributed by atoms with Crippen LogP contribution in [-0.4, -0.2) is 87.9 Å². The van der Waals surface area contributed by atoms with Crippen molar-refractivity contribution in [3.05, 3.63) is 0 Å². The van der Waals surface area contributed by atoms with E-state index in [2.05, 4.69) is 53.1 Å². The maximum atomic E-state index is 5.60. The molecule has 0 radical (unpaired) electrons. The lowest BCUT2D eigenvalue weighted by molar-refractivity contribution is 0.109. The minimum absolute atomic E-state index is 0.605. The molecule has 0 bridgehead atoms. The summed E-state index contributed by atoms with van der Waals surface area (Å²) in [5.41, 5.74) is 0. The topological polar surface area (TPSA) is 52.1 Å². The van der Waals surface area contributed by atoms with E-state index in [0.29, 0.717) is 5.92 Å². The van der Waals surface area contributed by atoms with Crippen LogP contribution in [0.2, 0.25) is 0 Å². The van der Waals surface area contributed by atoms with Crippen molar-refractivity contribution in [1.82, 2.24) is 20.4 Å². The molecule has 6 heteroatoms. The summed E-state index contributed by atoms with van der Waals surface area (Å²) in [6.45, 7) is 20.4. The Hall–Kier alpha value is -0.850. The van der Waals surface area contributed by atoms with Crippen LogP contribution < -0.4 is 10.6 Å². The highest BCUT2D eigenvalue weighted by atomic mass is 16.5. The van der Waals surface area contributed by atoms with Crippen molar-refractivity contribution in [1.29, 1.82) is 0 Å². The summed E-state index contributed by atoms with van der Waals surface area (Å²) >= 11 is 0. The minimum Gasteiger partial charge on any atom is -0.381 e. The number of nitrogens with zero attached hydrogens (tertiary/aromatic N) is 3. The number of ether oxygens (including phenoxy) is 1. The van der Waals surface area contributed by atoms with Crippen LogP contribution in [0, 0.1) is 5.92 Å². The second-order valence-corrected chi connectivity index (χ2v) is 7.49. The van der Waals surface area contributed by atoms with Crippen LogP contribution >= 0.6 is 0 Å². The van der Waals surface area contributed by atoms with Gasteiger partial charge in [0.1, 0.15) is 0 Å². The van der Waals surface area contributed by atoms with Crippen LogP contribution in [0.15, 0.2) is 4.99 Å². The van der Waals surface area contributed by atoms with E-state index in [1.807, 2.05) is 0 Å². The van der Waals surface area contributed by atoms with Gasteiger partial charge < -0.3 is 25.2 Å². The van der Waals surface area contributed by atoms with E-state index in [-0.39, 0.29) is 0 Å². The Balaban J connectivity index is 2.06. The molecular formula is C20H43N5O. The van der Waals surface area contributed by atoms with E-state index in [4.69, 9.17) is 4.74 Å². The zero-order valence-corrected chi connectivity index (χ0v) is 17.7. The fourth-order valence-corrected chi connectivity index (χ4v) is 3.01. The van der Waals surface area contributed by atoms with Gasteiger partial charge in [0.25, 0.3) is 0 Å². The van der Waals surface area contributed by atoms with Gasteiger partial charge in [-0.1, -0.05) is 20.8 Å². The summed E-state index contributed by atoms with van der Waals surface area (Å²) in [5.74, 6) is 1.54. The van der Waals surface area contributed by atoms with Gasteiger partial charge in [-0.2, -0.15) is 0 Å². The van der Waals surface area contributed by atoms with Crippen LogP contribution in [0.3, 0.4) is 0 Å². The Morgan fingerprint density at radius 1 is 1.00 bits per heavy atom. The molecule has 1 aliphatic heterocycles. The van der Waals surface area contributed by atoms with Crippen LogP contribution in [0.4, 0.5) is 0 Å². The third-order valence-electron chi connectivity index (χ3n) is 4.62. The molecule has 26 heavy (non-hydrogen) atoms. The highest BCUT2D eigenvalue weighted by Gasteiger charge is 2.14. The molecule has 0 amide bonds. The normalized spacial score (nSPS) is 17.0. The molecule has 0 spiro atoms. The van der Waals surface area contributed by atoms with Crippen LogP contribution in [-0.2, 0) is 4.74 Å². The molecule has 6 nitrogen and oxygen atoms in total. The third-order valence-corrected chi connectivity index (χ3v) is 4.62. The molecule has 1 fully saturated rings. The number of piperazine rings is 1. The fourth-order valence-electron chi connectivity index (χ4n) is 3.01. The highest BCUT2D eigenvalue weighted by Crippen LogP contribution is 2.02. The smallest absolute Gasteiger partial charge is 0.191 e. The largest absolute Gasteiger partial charge is 0.381 e. The van der Waals surface area contributed by atoms with Crippen molar-refractivity contribution in [3.8, 4) is 0 Å². The third kappa shape index (κ3) is 11.7. The van der Waals surface area contributed by atoms with E-state index < -0.39 is 0 Å². The number of hydrogen-bond acceptors (Lipinski definition) is 4. The van der Waals surface area contributed by atoms with E-state index in [1.165, 1.54) is 52.1 Å². The van der Waals surface area contributed by atoms with Crippen LogP contribution in [0.5, 0.6) is 0 Å². The SMILES string of the molecule is CCNC(=NCCCOCC(C)C)NCCCCN1CCN(CC)CC1. The predicted octanol–water partition coefficient (Wildman–Crippen LogP) is 2.02. The number of likely N-dealkylation sites (N-methyl/N-ethyl adjacent to an activating group) is 1. The summed E-state index contributed by atoms with van der Waals surface area (Å²) in [7, 11) is 0. The van der Waals surface area contributed by atoms with Crippen molar-refractivity contribution in [2.24, 2.45) is 10.9 Å². The molecule has 0 aromatic rings. The molecule has 1 aliphatic rings. The first kappa shape index (κ1) is 23.2. The molecule has 0 atom stereocenters. The summed E-state index contributed by atoms with van der Waals surface area (Å²) < 4.78 is 5.60. The first-order valence-corrected chi connectivity index (χ1v) is 10.7. The number of rotatable bonds is 13. The fraction of sp³-hybridized carbons (Fsp3) is 0.950. The average molecular weight is 370 g/mol. The molecule has 0 aromatic heterocycles. The van der Waals surface area contributed by atoms with Crippen LogP contribution in [0.25, 0.3) is 0 Å². The van der Waals surface area contributed by atoms with Gasteiger partial charge in [-0.15, -0.1) is 0 Å². The quantitative estimate of drug-likeness (QED) is 0.296. The van der Waals surface area contributed by atoms with E-state index >= 15 is 0 Å². The summed E-state index contributed by atoms with van der Waals surface area (Å²) in [6.07, 6.45) is 3.42. The van der Waals surface area contributed by atoms with Crippen LogP contribution in [0.1, 0.15) is 47.0 Å².